The Bertz CT molecular complexity index is 771. The van der Waals surface area contributed by atoms with Crippen molar-refractivity contribution in [1.82, 2.24) is 9.88 Å². The van der Waals surface area contributed by atoms with Crippen LogP contribution in [0.5, 0.6) is 0 Å². The molecule has 0 aliphatic carbocycles. The number of anilines is 1. The summed E-state index contributed by atoms with van der Waals surface area (Å²) >= 11 is 6.28. The third-order valence-electron chi connectivity index (χ3n) is 4.95. The molecule has 5 heteroatoms. The molecule has 124 valence electrons. The van der Waals surface area contributed by atoms with Gasteiger partial charge in [0.25, 0.3) is 0 Å². The van der Waals surface area contributed by atoms with E-state index in [-0.39, 0.29) is 5.91 Å². The molecule has 0 unspecified atom stereocenters. The topological polar surface area (TPSA) is 36.4 Å². The molecule has 0 atom stereocenters. The van der Waals surface area contributed by atoms with E-state index in [0.717, 1.165) is 55.7 Å². The first-order valence-corrected chi connectivity index (χ1v) is 8.86. The van der Waals surface area contributed by atoms with Crippen LogP contribution < -0.4 is 4.90 Å². The Morgan fingerprint density at radius 3 is 2.79 bits per heavy atom. The molecule has 0 saturated carbocycles. The molecular weight excluding hydrogens is 322 g/mol. The van der Waals surface area contributed by atoms with Gasteiger partial charge in [0.2, 0.25) is 5.91 Å². The van der Waals surface area contributed by atoms with Gasteiger partial charge in [-0.05, 0) is 42.5 Å². The number of halogens is 1. The molecule has 0 bridgehead atoms. The number of amides is 1. The average Bonchev–Trinajstić information content (AvgIpc) is 3.25. The van der Waals surface area contributed by atoms with Crippen LogP contribution in [0.25, 0.3) is 11.1 Å². The largest absolute Gasteiger partial charge is 0.362 e. The summed E-state index contributed by atoms with van der Waals surface area (Å²) in [6.07, 6.45) is 6.68. The van der Waals surface area contributed by atoms with Crippen LogP contribution in [0, 0.1) is 0 Å². The van der Waals surface area contributed by atoms with Gasteiger partial charge in [-0.2, -0.15) is 0 Å². The van der Waals surface area contributed by atoms with Crippen molar-refractivity contribution in [3.05, 3.63) is 47.2 Å². The van der Waals surface area contributed by atoms with Crippen molar-refractivity contribution in [2.45, 2.75) is 19.3 Å². The van der Waals surface area contributed by atoms with E-state index in [2.05, 4.69) is 28.1 Å². The first kappa shape index (κ1) is 15.5. The van der Waals surface area contributed by atoms with Gasteiger partial charge in [-0.15, -0.1) is 0 Å². The lowest BCUT2D eigenvalue weighted by atomic mass is 10.0. The molecule has 1 aromatic heterocycles. The van der Waals surface area contributed by atoms with Crippen molar-refractivity contribution in [1.29, 1.82) is 0 Å². The van der Waals surface area contributed by atoms with E-state index in [9.17, 15) is 4.79 Å². The molecule has 3 heterocycles. The summed E-state index contributed by atoms with van der Waals surface area (Å²) in [6, 6.07) is 8.34. The summed E-state index contributed by atoms with van der Waals surface area (Å²) in [5.41, 5.74) is 4.51. The van der Waals surface area contributed by atoms with Crippen molar-refractivity contribution >= 4 is 23.2 Å². The Hall–Kier alpha value is -2.07. The highest BCUT2D eigenvalue weighted by molar-refractivity contribution is 6.33. The van der Waals surface area contributed by atoms with E-state index < -0.39 is 0 Å². The number of hydrogen-bond donors (Lipinski definition) is 0. The van der Waals surface area contributed by atoms with Crippen molar-refractivity contribution < 1.29 is 4.79 Å². The first-order valence-electron chi connectivity index (χ1n) is 8.48. The smallest absolute Gasteiger partial charge is 0.242 e. The SMILES string of the molecule is O=C(CN1CCc2ccc(-c3ccncc3Cl)cc21)N1CCCC1. The number of hydrogen-bond acceptors (Lipinski definition) is 3. The van der Waals surface area contributed by atoms with Crippen molar-refractivity contribution in [3.8, 4) is 11.1 Å². The second kappa shape index (κ2) is 6.44. The van der Waals surface area contributed by atoms with Crippen LogP contribution in [0.15, 0.2) is 36.7 Å². The monoisotopic (exact) mass is 341 g/mol. The molecule has 1 amide bonds. The number of pyridine rings is 1. The molecule has 2 aromatic rings. The summed E-state index contributed by atoms with van der Waals surface area (Å²) < 4.78 is 0. The minimum absolute atomic E-state index is 0.243. The molecule has 2 aliphatic rings. The van der Waals surface area contributed by atoms with Gasteiger partial charge in [-0.25, -0.2) is 0 Å². The van der Waals surface area contributed by atoms with Crippen LogP contribution in [0.3, 0.4) is 0 Å². The lowest BCUT2D eigenvalue weighted by Crippen LogP contribution is -2.38. The second-order valence-electron chi connectivity index (χ2n) is 6.46. The number of benzene rings is 1. The summed E-state index contributed by atoms with van der Waals surface area (Å²) in [5, 5.41) is 0.648. The Labute approximate surface area is 147 Å². The van der Waals surface area contributed by atoms with E-state index in [1.54, 1.807) is 12.4 Å². The Kier molecular flexibility index (Phi) is 4.15. The van der Waals surface area contributed by atoms with Crippen molar-refractivity contribution in [2.75, 3.05) is 31.1 Å². The molecule has 24 heavy (non-hydrogen) atoms. The van der Waals surface area contributed by atoms with Crippen LogP contribution in [0.1, 0.15) is 18.4 Å². The summed E-state index contributed by atoms with van der Waals surface area (Å²) in [6.45, 7) is 3.20. The Balaban J connectivity index is 1.59. The van der Waals surface area contributed by atoms with Gasteiger partial charge in [-0.1, -0.05) is 23.7 Å². The van der Waals surface area contributed by atoms with Crippen LogP contribution in [-0.4, -0.2) is 42.0 Å². The number of fused-ring (bicyclic) bond motifs is 1. The van der Waals surface area contributed by atoms with Crippen LogP contribution >= 0.6 is 11.6 Å². The third kappa shape index (κ3) is 2.86. The van der Waals surface area contributed by atoms with Crippen LogP contribution in [0.2, 0.25) is 5.02 Å². The van der Waals surface area contributed by atoms with Crippen molar-refractivity contribution in [2.24, 2.45) is 0 Å². The number of aromatic nitrogens is 1. The fourth-order valence-electron chi connectivity index (χ4n) is 3.62. The molecule has 1 fully saturated rings. The highest BCUT2D eigenvalue weighted by Gasteiger charge is 2.25. The van der Waals surface area contributed by atoms with Gasteiger partial charge in [0, 0.05) is 43.3 Å². The fourth-order valence-corrected chi connectivity index (χ4v) is 3.84. The second-order valence-corrected chi connectivity index (χ2v) is 6.87. The van der Waals surface area contributed by atoms with E-state index in [1.165, 1.54) is 5.56 Å². The number of likely N-dealkylation sites (tertiary alicyclic amines) is 1. The zero-order valence-corrected chi connectivity index (χ0v) is 14.3. The number of carbonyl (C=O) groups excluding carboxylic acids is 1. The van der Waals surface area contributed by atoms with E-state index in [1.807, 2.05) is 11.0 Å². The Morgan fingerprint density at radius 1 is 1.17 bits per heavy atom. The molecule has 0 N–H and O–H groups in total. The van der Waals surface area contributed by atoms with E-state index >= 15 is 0 Å². The van der Waals surface area contributed by atoms with E-state index in [0.29, 0.717) is 11.6 Å². The number of nitrogens with zero attached hydrogens (tertiary/aromatic N) is 3. The molecule has 0 radical (unpaired) electrons. The number of rotatable bonds is 3. The lowest BCUT2D eigenvalue weighted by molar-refractivity contribution is -0.128. The minimum Gasteiger partial charge on any atom is -0.362 e. The zero-order valence-electron chi connectivity index (χ0n) is 13.5. The molecule has 1 saturated heterocycles. The fraction of sp³-hybridized carbons (Fsp3) is 0.368. The van der Waals surface area contributed by atoms with Gasteiger partial charge in [0.15, 0.2) is 0 Å². The first-order chi connectivity index (χ1) is 11.7. The standard InChI is InChI=1S/C19H20ClN3O/c20-17-12-21-7-5-16(17)15-4-3-14-6-10-23(18(14)11-15)13-19(24)22-8-1-2-9-22/h3-5,7,11-12H,1-2,6,8-10,13H2. The quantitative estimate of drug-likeness (QED) is 0.858. The molecule has 1 aromatic carbocycles. The molecule has 0 spiro atoms. The lowest BCUT2D eigenvalue weighted by Gasteiger charge is -2.23. The molecule has 2 aliphatic heterocycles. The summed E-state index contributed by atoms with van der Waals surface area (Å²) in [7, 11) is 0. The maximum atomic E-state index is 12.5. The highest BCUT2D eigenvalue weighted by Crippen LogP contribution is 2.35. The van der Waals surface area contributed by atoms with Crippen LogP contribution in [-0.2, 0) is 11.2 Å². The maximum absolute atomic E-state index is 12.5. The van der Waals surface area contributed by atoms with Crippen LogP contribution in [0.4, 0.5) is 5.69 Å². The average molecular weight is 342 g/mol. The maximum Gasteiger partial charge on any atom is 0.242 e. The minimum atomic E-state index is 0.243. The van der Waals surface area contributed by atoms with Gasteiger partial charge in [0.05, 0.1) is 11.6 Å². The summed E-state index contributed by atoms with van der Waals surface area (Å²) in [5.74, 6) is 0.243. The van der Waals surface area contributed by atoms with Gasteiger partial charge >= 0.3 is 0 Å². The van der Waals surface area contributed by atoms with Gasteiger partial charge in [-0.3, -0.25) is 9.78 Å². The third-order valence-corrected chi connectivity index (χ3v) is 5.25. The predicted octanol–water partition coefficient (Wildman–Crippen LogP) is 3.39. The molecule has 4 nitrogen and oxygen atoms in total. The zero-order chi connectivity index (χ0) is 16.5. The van der Waals surface area contributed by atoms with Crippen molar-refractivity contribution in [3.63, 3.8) is 0 Å². The number of carbonyl (C=O) groups is 1. The molecular formula is C19H20ClN3O. The molecule has 4 rings (SSSR count). The van der Waals surface area contributed by atoms with Gasteiger partial charge < -0.3 is 9.80 Å². The normalized spacial score (nSPS) is 16.5. The van der Waals surface area contributed by atoms with E-state index in [4.69, 9.17) is 11.6 Å². The summed E-state index contributed by atoms with van der Waals surface area (Å²) in [4.78, 5) is 20.7. The van der Waals surface area contributed by atoms with Gasteiger partial charge in [0.1, 0.15) is 0 Å². The highest BCUT2D eigenvalue weighted by atomic mass is 35.5. The predicted molar refractivity (Wildman–Crippen MR) is 96.4 cm³/mol. The Morgan fingerprint density at radius 2 is 2.00 bits per heavy atom.